The molecule has 0 bridgehead atoms. The molecule has 1 aromatic rings. The van der Waals surface area contributed by atoms with E-state index >= 15 is 0 Å². The molecule has 0 aliphatic heterocycles. The number of urea groups is 1. The third-order valence-corrected chi connectivity index (χ3v) is 4.01. The van der Waals surface area contributed by atoms with Gasteiger partial charge in [-0.05, 0) is 53.4 Å². The molecule has 1 fully saturated rings. The van der Waals surface area contributed by atoms with Crippen molar-refractivity contribution in [2.45, 2.75) is 31.2 Å². The van der Waals surface area contributed by atoms with Gasteiger partial charge in [-0.25, -0.2) is 9.18 Å². The Balaban J connectivity index is 1.99. The Kier molecular flexibility index (Phi) is 4.27. The van der Waals surface area contributed by atoms with Crippen LogP contribution in [0.2, 0.25) is 0 Å². The Morgan fingerprint density at radius 3 is 2.60 bits per heavy atom. The van der Waals surface area contributed by atoms with Gasteiger partial charge in [0.25, 0.3) is 0 Å². The molecule has 7 heteroatoms. The van der Waals surface area contributed by atoms with E-state index in [9.17, 15) is 14.0 Å². The van der Waals surface area contributed by atoms with Crippen molar-refractivity contribution < 1.29 is 19.1 Å². The van der Waals surface area contributed by atoms with Crippen molar-refractivity contribution in [3.63, 3.8) is 0 Å². The van der Waals surface area contributed by atoms with Crippen molar-refractivity contribution in [2.75, 3.05) is 5.32 Å². The number of aliphatic carboxylic acids is 1. The van der Waals surface area contributed by atoms with Crippen LogP contribution >= 0.6 is 15.9 Å². The molecule has 2 amide bonds. The molecule has 1 aliphatic rings. The van der Waals surface area contributed by atoms with E-state index in [-0.39, 0.29) is 6.42 Å². The first-order chi connectivity index (χ1) is 9.40. The van der Waals surface area contributed by atoms with Gasteiger partial charge in [0.2, 0.25) is 0 Å². The minimum Gasteiger partial charge on any atom is -0.481 e. The molecule has 0 unspecified atom stereocenters. The maximum Gasteiger partial charge on any atom is 0.319 e. The van der Waals surface area contributed by atoms with Gasteiger partial charge >= 0.3 is 12.0 Å². The lowest BCUT2D eigenvalue weighted by molar-refractivity contribution is -0.139. The summed E-state index contributed by atoms with van der Waals surface area (Å²) in [5.41, 5.74) is -0.240. The maximum absolute atomic E-state index is 12.9. The Bertz CT molecular complexity index is 546. The molecule has 108 valence electrons. The molecule has 0 aromatic heterocycles. The summed E-state index contributed by atoms with van der Waals surface area (Å²) in [5.74, 6) is -1.35. The van der Waals surface area contributed by atoms with E-state index < -0.39 is 23.4 Å². The van der Waals surface area contributed by atoms with Crippen LogP contribution < -0.4 is 10.6 Å². The zero-order valence-corrected chi connectivity index (χ0v) is 12.2. The first kappa shape index (κ1) is 14.8. The smallest absolute Gasteiger partial charge is 0.319 e. The lowest BCUT2D eigenvalue weighted by Gasteiger charge is -2.41. The van der Waals surface area contributed by atoms with E-state index in [1.54, 1.807) is 0 Å². The maximum atomic E-state index is 12.9. The van der Waals surface area contributed by atoms with Crippen molar-refractivity contribution >= 4 is 33.6 Å². The molecular formula is C13H14BrFN2O3. The summed E-state index contributed by atoms with van der Waals surface area (Å²) in [6.07, 6.45) is 2.10. The normalized spacial score (nSPS) is 16.1. The minimum absolute atomic E-state index is 0.0923. The second kappa shape index (κ2) is 5.78. The highest BCUT2D eigenvalue weighted by Crippen LogP contribution is 2.35. The monoisotopic (exact) mass is 344 g/mol. The summed E-state index contributed by atoms with van der Waals surface area (Å²) in [6, 6.07) is 3.42. The van der Waals surface area contributed by atoms with Crippen molar-refractivity contribution in [3.8, 4) is 0 Å². The zero-order chi connectivity index (χ0) is 14.8. The van der Waals surface area contributed by atoms with E-state index in [2.05, 4.69) is 26.6 Å². The summed E-state index contributed by atoms with van der Waals surface area (Å²) in [7, 11) is 0. The number of amides is 2. The lowest BCUT2D eigenvalue weighted by atomic mass is 9.74. The van der Waals surface area contributed by atoms with Crippen molar-refractivity contribution in [1.82, 2.24) is 5.32 Å². The largest absolute Gasteiger partial charge is 0.481 e. The van der Waals surface area contributed by atoms with Crippen molar-refractivity contribution in [1.29, 1.82) is 0 Å². The molecule has 2 rings (SSSR count). The van der Waals surface area contributed by atoms with Crippen molar-refractivity contribution in [2.24, 2.45) is 0 Å². The molecule has 3 N–H and O–H groups in total. The highest BCUT2D eigenvalue weighted by atomic mass is 79.9. The third-order valence-electron chi connectivity index (χ3n) is 3.36. The molecule has 0 heterocycles. The molecule has 1 aromatic carbocycles. The Hall–Kier alpha value is -1.63. The molecule has 0 saturated heterocycles. The number of carbonyl (C=O) groups is 2. The molecular weight excluding hydrogens is 331 g/mol. The highest BCUT2D eigenvalue weighted by Gasteiger charge is 2.40. The number of rotatable bonds is 4. The SMILES string of the molecule is O=C(O)CC1(NC(=O)Nc2ccc(F)cc2Br)CCC1. The molecule has 0 atom stereocenters. The van der Waals surface area contributed by atoms with Crippen LogP contribution in [-0.2, 0) is 4.79 Å². The molecule has 1 saturated carbocycles. The fourth-order valence-corrected chi connectivity index (χ4v) is 2.67. The van der Waals surface area contributed by atoms with E-state index in [0.717, 1.165) is 6.42 Å². The topological polar surface area (TPSA) is 78.4 Å². The Morgan fingerprint density at radius 2 is 2.10 bits per heavy atom. The van der Waals surface area contributed by atoms with E-state index in [4.69, 9.17) is 5.11 Å². The van der Waals surface area contributed by atoms with Crippen LogP contribution in [0, 0.1) is 5.82 Å². The average molecular weight is 345 g/mol. The predicted octanol–water partition coefficient (Wildman–Crippen LogP) is 3.11. The van der Waals surface area contributed by atoms with Crippen LogP contribution in [0.3, 0.4) is 0 Å². The number of hydrogen-bond acceptors (Lipinski definition) is 2. The number of nitrogens with one attached hydrogen (secondary N) is 2. The number of carboxylic acid groups (broad SMARTS) is 1. The second-order valence-electron chi connectivity index (χ2n) is 4.91. The quantitative estimate of drug-likeness (QED) is 0.785. The van der Waals surface area contributed by atoms with Gasteiger partial charge in [-0.2, -0.15) is 0 Å². The number of anilines is 1. The summed E-state index contributed by atoms with van der Waals surface area (Å²) in [5, 5.41) is 14.2. The van der Waals surface area contributed by atoms with Gasteiger partial charge in [-0.1, -0.05) is 0 Å². The standard InChI is InChI=1S/C13H14BrFN2O3/c14-9-6-8(15)2-3-10(9)16-12(20)17-13(4-1-5-13)7-11(18)19/h2-3,6H,1,4-5,7H2,(H,18,19)(H2,16,17,20). The van der Waals surface area contributed by atoms with Gasteiger partial charge in [0, 0.05) is 4.47 Å². The van der Waals surface area contributed by atoms with Crippen LogP contribution in [0.4, 0.5) is 14.9 Å². The van der Waals surface area contributed by atoms with Gasteiger partial charge in [0.1, 0.15) is 5.82 Å². The summed E-state index contributed by atoms with van der Waals surface area (Å²) in [6.45, 7) is 0. The predicted molar refractivity (Wildman–Crippen MR) is 75.1 cm³/mol. The fourth-order valence-electron chi connectivity index (χ4n) is 2.22. The first-order valence-corrected chi connectivity index (χ1v) is 6.96. The Morgan fingerprint density at radius 1 is 1.40 bits per heavy atom. The number of benzene rings is 1. The molecule has 0 spiro atoms. The Labute approximate surface area is 123 Å². The minimum atomic E-state index is -0.937. The lowest BCUT2D eigenvalue weighted by Crippen LogP contribution is -2.55. The zero-order valence-electron chi connectivity index (χ0n) is 10.6. The van der Waals surface area contributed by atoms with Crippen LogP contribution in [0.1, 0.15) is 25.7 Å². The second-order valence-corrected chi connectivity index (χ2v) is 5.76. The molecule has 1 aliphatic carbocycles. The van der Waals surface area contributed by atoms with Gasteiger partial charge in [-0.3, -0.25) is 4.79 Å². The van der Waals surface area contributed by atoms with Crippen LogP contribution in [0.5, 0.6) is 0 Å². The average Bonchev–Trinajstić information content (AvgIpc) is 2.29. The summed E-state index contributed by atoms with van der Waals surface area (Å²) < 4.78 is 13.4. The summed E-state index contributed by atoms with van der Waals surface area (Å²) >= 11 is 3.15. The van der Waals surface area contributed by atoms with E-state index in [1.165, 1.54) is 18.2 Å². The number of carboxylic acids is 1. The first-order valence-electron chi connectivity index (χ1n) is 6.16. The molecule has 0 radical (unpaired) electrons. The van der Waals surface area contributed by atoms with Crippen molar-refractivity contribution in [3.05, 3.63) is 28.5 Å². The highest BCUT2D eigenvalue weighted by molar-refractivity contribution is 9.10. The van der Waals surface area contributed by atoms with E-state index in [1.807, 2.05) is 0 Å². The summed E-state index contributed by atoms with van der Waals surface area (Å²) in [4.78, 5) is 22.7. The fraction of sp³-hybridized carbons (Fsp3) is 0.385. The van der Waals surface area contributed by atoms with Crippen LogP contribution in [0.25, 0.3) is 0 Å². The van der Waals surface area contributed by atoms with Crippen LogP contribution in [0.15, 0.2) is 22.7 Å². The number of hydrogen-bond donors (Lipinski definition) is 3. The number of carbonyl (C=O) groups excluding carboxylic acids is 1. The third kappa shape index (κ3) is 3.47. The van der Waals surface area contributed by atoms with Gasteiger partial charge < -0.3 is 15.7 Å². The van der Waals surface area contributed by atoms with E-state index in [0.29, 0.717) is 23.0 Å². The van der Waals surface area contributed by atoms with Gasteiger partial charge in [0.05, 0.1) is 17.6 Å². The number of halogens is 2. The van der Waals surface area contributed by atoms with Gasteiger partial charge in [0.15, 0.2) is 0 Å². The van der Waals surface area contributed by atoms with Gasteiger partial charge in [-0.15, -0.1) is 0 Å². The molecule has 20 heavy (non-hydrogen) atoms. The molecule has 5 nitrogen and oxygen atoms in total. The van der Waals surface area contributed by atoms with Crippen LogP contribution in [-0.4, -0.2) is 22.6 Å².